The third-order valence-electron chi connectivity index (χ3n) is 5.41. The van der Waals surface area contributed by atoms with Crippen LogP contribution in [0.25, 0.3) is 26.8 Å². The van der Waals surface area contributed by atoms with Crippen molar-refractivity contribution < 1.29 is 4.42 Å². The second-order valence-electron chi connectivity index (χ2n) is 7.45. The summed E-state index contributed by atoms with van der Waals surface area (Å²) < 4.78 is 8.05. The summed E-state index contributed by atoms with van der Waals surface area (Å²) in [6.45, 7) is 11.3. The van der Waals surface area contributed by atoms with Gasteiger partial charge in [0.05, 0.1) is 36.4 Å². The van der Waals surface area contributed by atoms with Gasteiger partial charge in [0, 0.05) is 18.0 Å². The highest BCUT2D eigenvalue weighted by molar-refractivity contribution is 6.03. The maximum absolute atomic E-state index is 7.38. The minimum atomic E-state index is 0.322. The fourth-order valence-corrected chi connectivity index (χ4v) is 4.14. The fraction of sp³-hybridized carbons (Fsp3) is 0.333. The van der Waals surface area contributed by atoms with Gasteiger partial charge in [-0.2, -0.15) is 0 Å². The van der Waals surface area contributed by atoms with Crippen molar-refractivity contribution in [3.05, 3.63) is 59.5 Å². The minimum Gasteiger partial charge on any atom is -0.446 e. The van der Waals surface area contributed by atoms with Gasteiger partial charge >= 0.3 is 0 Å². The Balaban J connectivity index is 1.76. The predicted molar refractivity (Wildman–Crippen MR) is 106 cm³/mol. The molecular weight excluding hydrogens is 352 g/mol. The Labute approximate surface area is 162 Å². The van der Waals surface area contributed by atoms with Crippen LogP contribution in [0.1, 0.15) is 29.9 Å². The maximum atomic E-state index is 7.38. The molecule has 7 heteroatoms. The largest absolute Gasteiger partial charge is 0.446 e. The van der Waals surface area contributed by atoms with E-state index in [9.17, 15) is 0 Å². The quantitative estimate of drug-likeness (QED) is 0.510. The van der Waals surface area contributed by atoms with Crippen molar-refractivity contribution in [2.75, 3.05) is 20.1 Å². The number of oxazole rings is 1. The second-order valence-corrected chi connectivity index (χ2v) is 7.45. The van der Waals surface area contributed by atoms with Crippen molar-refractivity contribution in [3.8, 4) is 0 Å². The molecule has 140 valence electrons. The Bertz CT molecular complexity index is 1230. The monoisotopic (exact) mass is 372 g/mol. The van der Waals surface area contributed by atoms with Crippen LogP contribution in [-0.2, 0) is 6.42 Å². The standard InChI is InChI=1S/C21H20N6O/c1-13-10-24-20(28-13)9-19-25-18-11-23-17-5-4-14(22-2)8-16(17)21(18)27(19)15-6-7-26(3)12-15/h4-5,8,10-11,15H,6-7,9,12H2,1,3H3/t15-/m1/s1. The van der Waals surface area contributed by atoms with E-state index in [4.69, 9.17) is 16.0 Å². The topological polar surface area (TPSA) is 64.3 Å². The molecule has 28 heavy (non-hydrogen) atoms. The molecule has 1 atom stereocenters. The van der Waals surface area contributed by atoms with E-state index >= 15 is 0 Å². The van der Waals surface area contributed by atoms with Gasteiger partial charge in [0.2, 0.25) is 5.89 Å². The first-order valence-electron chi connectivity index (χ1n) is 9.39. The normalized spacial score (nSPS) is 17.5. The lowest BCUT2D eigenvalue weighted by Crippen LogP contribution is -2.18. The number of aryl methyl sites for hydroxylation is 1. The van der Waals surface area contributed by atoms with Crippen molar-refractivity contribution in [1.29, 1.82) is 0 Å². The number of hydrogen-bond donors (Lipinski definition) is 0. The first-order chi connectivity index (χ1) is 13.6. The average molecular weight is 372 g/mol. The minimum absolute atomic E-state index is 0.322. The van der Waals surface area contributed by atoms with Gasteiger partial charge in [-0.1, -0.05) is 6.07 Å². The summed E-state index contributed by atoms with van der Waals surface area (Å²) in [5.41, 5.74) is 3.39. The molecule has 3 aromatic heterocycles. The molecule has 1 aliphatic heterocycles. The van der Waals surface area contributed by atoms with E-state index in [0.717, 1.165) is 53.0 Å². The fourth-order valence-electron chi connectivity index (χ4n) is 4.14. The molecular formula is C21H20N6O. The first-order valence-corrected chi connectivity index (χ1v) is 9.39. The summed E-state index contributed by atoms with van der Waals surface area (Å²) in [7, 11) is 2.15. The van der Waals surface area contributed by atoms with Gasteiger partial charge in [-0.15, -0.1) is 0 Å². The van der Waals surface area contributed by atoms with Crippen LogP contribution in [-0.4, -0.2) is 44.6 Å². The molecule has 0 radical (unpaired) electrons. The number of likely N-dealkylation sites (N-methyl/N-ethyl adjacent to an activating group) is 1. The van der Waals surface area contributed by atoms with Gasteiger partial charge in [0.25, 0.3) is 0 Å². The Morgan fingerprint density at radius 1 is 1.25 bits per heavy atom. The highest BCUT2D eigenvalue weighted by Crippen LogP contribution is 2.33. The lowest BCUT2D eigenvalue weighted by atomic mass is 10.1. The molecule has 5 rings (SSSR count). The summed E-state index contributed by atoms with van der Waals surface area (Å²) in [5, 5.41) is 0.975. The molecule has 0 saturated carbocycles. The van der Waals surface area contributed by atoms with Gasteiger partial charge in [0.1, 0.15) is 17.1 Å². The number of nitrogens with zero attached hydrogens (tertiary/aromatic N) is 6. The van der Waals surface area contributed by atoms with Crippen LogP contribution in [0, 0.1) is 13.5 Å². The molecule has 0 aliphatic carbocycles. The van der Waals surface area contributed by atoms with E-state index in [0.29, 0.717) is 24.0 Å². The van der Waals surface area contributed by atoms with Crippen LogP contribution in [0.4, 0.5) is 5.69 Å². The Morgan fingerprint density at radius 3 is 2.86 bits per heavy atom. The number of hydrogen-bond acceptors (Lipinski definition) is 5. The summed E-state index contributed by atoms with van der Waals surface area (Å²) in [6, 6.07) is 5.97. The van der Waals surface area contributed by atoms with Crippen LogP contribution in [0.2, 0.25) is 0 Å². The molecule has 1 fully saturated rings. The smallest absolute Gasteiger partial charge is 0.201 e. The van der Waals surface area contributed by atoms with Crippen molar-refractivity contribution in [2.45, 2.75) is 25.8 Å². The zero-order chi connectivity index (χ0) is 19.3. The SMILES string of the molecule is [C-]#[N+]c1ccc2ncc3nc(Cc4ncc(C)o4)n([C@@H]4CCN(C)C4)c3c2c1. The number of aromatic nitrogens is 4. The molecule has 0 N–H and O–H groups in total. The van der Waals surface area contributed by atoms with Crippen LogP contribution >= 0.6 is 0 Å². The van der Waals surface area contributed by atoms with Crippen LogP contribution < -0.4 is 0 Å². The summed E-state index contributed by atoms with van der Waals surface area (Å²) >= 11 is 0. The number of fused-ring (bicyclic) bond motifs is 3. The van der Waals surface area contributed by atoms with Gasteiger partial charge in [-0.05, 0) is 39.1 Å². The Morgan fingerprint density at radius 2 is 2.14 bits per heavy atom. The lowest BCUT2D eigenvalue weighted by molar-refractivity contribution is 0.391. The van der Waals surface area contributed by atoms with Gasteiger partial charge in [-0.3, -0.25) is 4.98 Å². The Hall–Kier alpha value is -3.24. The molecule has 1 saturated heterocycles. The first kappa shape index (κ1) is 16.9. The molecule has 0 spiro atoms. The zero-order valence-electron chi connectivity index (χ0n) is 15.9. The highest BCUT2D eigenvalue weighted by Gasteiger charge is 2.27. The molecule has 0 unspecified atom stereocenters. The molecule has 4 aromatic rings. The second kappa shape index (κ2) is 6.43. The molecule has 1 aromatic carbocycles. The van der Waals surface area contributed by atoms with Crippen molar-refractivity contribution in [3.63, 3.8) is 0 Å². The van der Waals surface area contributed by atoms with E-state index in [1.165, 1.54) is 0 Å². The molecule has 4 heterocycles. The lowest BCUT2D eigenvalue weighted by Gasteiger charge is -2.17. The number of imidazole rings is 1. The van der Waals surface area contributed by atoms with E-state index in [-0.39, 0.29) is 0 Å². The molecule has 0 bridgehead atoms. The molecule has 0 amide bonds. The van der Waals surface area contributed by atoms with E-state index in [1.807, 2.05) is 31.3 Å². The van der Waals surface area contributed by atoms with Gasteiger partial charge < -0.3 is 13.9 Å². The van der Waals surface area contributed by atoms with Gasteiger partial charge in [0.15, 0.2) is 5.69 Å². The van der Waals surface area contributed by atoms with Crippen molar-refractivity contribution >= 4 is 27.6 Å². The van der Waals surface area contributed by atoms with Gasteiger partial charge in [-0.25, -0.2) is 14.8 Å². The average Bonchev–Trinajstić information content (AvgIpc) is 3.39. The number of pyridine rings is 1. The summed E-state index contributed by atoms with van der Waals surface area (Å²) in [4.78, 5) is 19.8. The van der Waals surface area contributed by atoms with E-state index in [1.54, 1.807) is 6.20 Å². The van der Waals surface area contributed by atoms with E-state index < -0.39 is 0 Å². The number of rotatable bonds is 3. The molecule has 1 aliphatic rings. The van der Waals surface area contributed by atoms with Crippen LogP contribution in [0.15, 0.2) is 35.0 Å². The maximum Gasteiger partial charge on any atom is 0.201 e. The third kappa shape index (κ3) is 2.74. The summed E-state index contributed by atoms with van der Waals surface area (Å²) in [6.07, 6.45) is 5.16. The predicted octanol–water partition coefficient (Wildman–Crippen LogP) is 3.90. The Kier molecular flexibility index (Phi) is 3.88. The van der Waals surface area contributed by atoms with Crippen LogP contribution in [0.3, 0.4) is 0 Å². The summed E-state index contributed by atoms with van der Waals surface area (Å²) in [5.74, 6) is 2.39. The highest BCUT2D eigenvalue weighted by atomic mass is 16.4. The van der Waals surface area contributed by atoms with Crippen molar-refractivity contribution in [2.24, 2.45) is 0 Å². The van der Waals surface area contributed by atoms with E-state index in [2.05, 4.69) is 31.3 Å². The number of benzene rings is 1. The molecule has 7 nitrogen and oxygen atoms in total. The zero-order valence-corrected chi connectivity index (χ0v) is 15.9. The third-order valence-corrected chi connectivity index (χ3v) is 5.41. The van der Waals surface area contributed by atoms with Crippen LogP contribution in [0.5, 0.6) is 0 Å². The number of likely N-dealkylation sites (tertiary alicyclic amines) is 1. The van der Waals surface area contributed by atoms with Crippen molar-refractivity contribution in [1.82, 2.24) is 24.4 Å².